The first-order valence-electron chi connectivity index (χ1n) is 10.8. The molecule has 1 N–H and O–H groups in total. The van der Waals surface area contributed by atoms with Crippen molar-refractivity contribution in [3.8, 4) is 11.5 Å². The Morgan fingerprint density at radius 1 is 1.19 bits per heavy atom. The highest BCUT2D eigenvalue weighted by atomic mass is 16.5. The Morgan fingerprint density at radius 3 is 2.66 bits per heavy atom. The van der Waals surface area contributed by atoms with E-state index in [4.69, 9.17) is 14.5 Å². The molecule has 1 aliphatic heterocycles. The minimum absolute atomic E-state index is 0.0700. The minimum Gasteiger partial charge on any atom is -0.504 e. The van der Waals surface area contributed by atoms with E-state index in [0.717, 1.165) is 23.9 Å². The van der Waals surface area contributed by atoms with E-state index in [1.807, 2.05) is 35.8 Å². The van der Waals surface area contributed by atoms with Crippen molar-refractivity contribution in [3.05, 3.63) is 48.0 Å². The number of rotatable bonds is 7. The number of hydrogen-bond donors (Lipinski definition) is 1. The molecule has 8 heteroatoms. The number of phenols is 1. The van der Waals surface area contributed by atoms with Gasteiger partial charge in [-0.05, 0) is 43.2 Å². The zero-order chi connectivity index (χ0) is 22.8. The molecule has 168 valence electrons. The molecule has 32 heavy (non-hydrogen) atoms. The standard InChI is InChI=1S/C24H27N3O5/c1-4-6-13-26-22(29)20(23(30)32-5-2)21(15-11-12-19(31-3)18(28)14-15)27-17-10-8-7-9-16(17)25-24(26)27/h7-12,14,20-21,28H,4-6,13H2,1-3H3/t20-,21-/m0/s1. The topological polar surface area (TPSA) is 93.9 Å². The number of aromatic hydroxyl groups is 1. The largest absolute Gasteiger partial charge is 0.504 e. The second-order valence-corrected chi connectivity index (χ2v) is 7.72. The van der Waals surface area contributed by atoms with E-state index in [9.17, 15) is 14.7 Å². The Labute approximate surface area is 186 Å². The fourth-order valence-electron chi connectivity index (χ4n) is 4.27. The number of imidazole rings is 1. The molecule has 2 atom stereocenters. The van der Waals surface area contributed by atoms with Gasteiger partial charge in [0.15, 0.2) is 17.4 Å². The predicted octanol–water partition coefficient (Wildman–Crippen LogP) is 3.67. The summed E-state index contributed by atoms with van der Waals surface area (Å²) in [7, 11) is 1.47. The molecule has 0 unspecified atom stereocenters. The number of unbranched alkanes of at least 4 members (excludes halogenated alkanes) is 1. The Hall–Kier alpha value is -3.55. The predicted molar refractivity (Wildman–Crippen MR) is 120 cm³/mol. The van der Waals surface area contributed by atoms with Crippen LogP contribution in [-0.4, -0.2) is 46.8 Å². The van der Waals surface area contributed by atoms with Crippen LogP contribution in [0.1, 0.15) is 38.3 Å². The molecular formula is C24H27N3O5. The van der Waals surface area contributed by atoms with Gasteiger partial charge in [-0.3, -0.25) is 14.5 Å². The number of aromatic nitrogens is 2. The van der Waals surface area contributed by atoms with Gasteiger partial charge in [0, 0.05) is 6.54 Å². The second kappa shape index (κ2) is 8.90. The van der Waals surface area contributed by atoms with E-state index in [-0.39, 0.29) is 18.3 Å². The Bertz CT molecular complexity index is 1160. The van der Waals surface area contributed by atoms with Gasteiger partial charge in [-0.2, -0.15) is 0 Å². The molecule has 0 fully saturated rings. The van der Waals surface area contributed by atoms with Crippen LogP contribution in [0.5, 0.6) is 11.5 Å². The first-order chi connectivity index (χ1) is 15.5. The third-order valence-electron chi connectivity index (χ3n) is 5.76. The number of fused-ring (bicyclic) bond motifs is 3. The third-order valence-corrected chi connectivity index (χ3v) is 5.76. The van der Waals surface area contributed by atoms with E-state index < -0.39 is 17.9 Å². The number of para-hydroxylation sites is 2. The fraction of sp³-hybridized carbons (Fsp3) is 0.375. The Morgan fingerprint density at radius 2 is 1.97 bits per heavy atom. The zero-order valence-electron chi connectivity index (χ0n) is 18.4. The highest BCUT2D eigenvalue weighted by molar-refractivity contribution is 6.08. The lowest BCUT2D eigenvalue weighted by atomic mass is 9.89. The maximum absolute atomic E-state index is 13.7. The first kappa shape index (κ1) is 21.7. The van der Waals surface area contributed by atoms with Crippen molar-refractivity contribution in [3.63, 3.8) is 0 Å². The van der Waals surface area contributed by atoms with Crippen molar-refractivity contribution >= 4 is 28.9 Å². The van der Waals surface area contributed by atoms with Crippen LogP contribution in [0.2, 0.25) is 0 Å². The van der Waals surface area contributed by atoms with Gasteiger partial charge in [0.1, 0.15) is 0 Å². The molecule has 0 radical (unpaired) electrons. The molecule has 8 nitrogen and oxygen atoms in total. The van der Waals surface area contributed by atoms with Gasteiger partial charge < -0.3 is 19.1 Å². The summed E-state index contributed by atoms with van der Waals surface area (Å²) in [6.07, 6.45) is 1.67. The minimum atomic E-state index is -1.11. The van der Waals surface area contributed by atoms with Crippen molar-refractivity contribution < 1.29 is 24.2 Å². The quantitative estimate of drug-likeness (QED) is 0.448. The van der Waals surface area contributed by atoms with Crippen LogP contribution in [0.15, 0.2) is 42.5 Å². The normalized spacial score (nSPS) is 18.0. The number of esters is 1. The number of benzene rings is 2. The summed E-state index contributed by atoms with van der Waals surface area (Å²) in [6, 6.07) is 11.8. The molecule has 0 saturated carbocycles. The molecule has 4 rings (SSSR count). The van der Waals surface area contributed by atoms with Crippen LogP contribution >= 0.6 is 0 Å². The summed E-state index contributed by atoms with van der Waals surface area (Å²) in [6.45, 7) is 4.38. The molecule has 1 aromatic heterocycles. The van der Waals surface area contributed by atoms with E-state index in [0.29, 0.717) is 23.8 Å². The molecule has 3 aromatic rings. The molecule has 2 heterocycles. The zero-order valence-corrected chi connectivity index (χ0v) is 18.4. The van der Waals surface area contributed by atoms with Crippen LogP contribution in [0.3, 0.4) is 0 Å². The summed E-state index contributed by atoms with van der Waals surface area (Å²) >= 11 is 0. The van der Waals surface area contributed by atoms with Crippen LogP contribution in [0, 0.1) is 5.92 Å². The lowest BCUT2D eigenvalue weighted by Crippen LogP contribution is -2.50. The van der Waals surface area contributed by atoms with Crippen LogP contribution in [-0.2, 0) is 14.3 Å². The smallest absolute Gasteiger partial charge is 0.321 e. The summed E-state index contributed by atoms with van der Waals surface area (Å²) in [4.78, 5) is 33.1. The lowest BCUT2D eigenvalue weighted by molar-refractivity contribution is -0.153. The molecule has 2 aromatic carbocycles. The highest BCUT2D eigenvalue weighted by Crippen LogP contribution is 2.43. The number of methoxy groups -OCH3 is 1. The number of nitrogens with zero attached hydrogens (tertiary/aromatic N) is 3. The SMILES string of the molecule is CCCCN1C(=O)[C@@H](C(=O)OCC)[C@H](c2ccc(OC)c(O)c2)n2c1nc1ccccc12. The molecule has 0 bridgehead atoms. The summed E-state index contributed by atoms with van der Waals surface area (Å²) in [5.41, 5.74) is 2.12. The number of hydrogen-bond acceptors (Lipinski definition) is 6. The Balaban J connectivity index is 1.98. The van der Waals surface area contributed by atoms with Crippen LogP contribution < -0.4 is 9.64 Å². The average Bonchev–Trinajstić information content (AvgIpc) is 3.17. The molecule has 1 amide bonds. The molecular weight excluding hydrogens is 410 g/mol. The van der Waals surface area contributed by atoms with Gasteiger partial charge in [-0.15, -0.1) is 0 Å². The summed E-state index contributed by atoms with van der Waals surface area (Å²) < 4.78 is 12.4. The van der Waals surface area contributed by atoms with E-state index in [1.54, 1.807) is 24.0 Å². The van der Waals surface area contributed by atoms with Gasteiger partial charge in [-0.25, -0.2) is 4.98 Å². The lowest BCUT2D eigenvalue weighted by Gasteiger charge is -2.38. The number of carbonyl (C=O) groups is 2. The molecule has 0 saturated heterocycles. The van der Waals surface area contributed by atoms with Gasteiger partial charge in [0.05, 0.1) is 30.8 Å². The second-order valence-electron chi connectivity index (χ2n) is 7.72. The maximum Gasteiger partial charge on any atom is 0.321 e. The van der Waals surface area contributed by atoms with Gasteiger partial charge >= 0.3 is 5.97 Å². The monoisotopic (exact) mass is 437 g/mol. The highest BCUT2D eigenvalue weighted by Gasteiger charge is 2.47. The van der Waals surface area contributed by atoms with Crippen LogP contribution in [0.25, 0.3) is 11.0 Å². The van der Waals surface area contributed by atoms with Gasteiger partial charge in [-0.1, -0.05) is 31.5 Å². The van der Waals surface area contributed by atoms with Crippen LogP contribution in [0.4, 0.5) is 5.95 Å². The average molecular weight is 437 g/mol. The number of anilines is 1. The first-order valence-corrected chi connectivity index (χ1v) is 10.8. The third kappa shape index (κ3) is 3.55. The number of phenolic OH excluding ortho intramolecular Hbond substituents is 1. The van der Waals surface area contributed by atoms with E-state index >= 15 is 0 Å². The van der Waals surface area contributed by atoms with Crippen molar-refractivity contribution in [2.75, 3.05) is 25.2 Å². The van der Waals surface area contributed by atoms with Crippen molar-refractivity contribution in [1.29, 1.82) is 0 Å². The number of ether oxygens (including phenoxy) is 2. The van der Waals surface area contributed by atoms with Crippen molar-refractivity contribution in [2.24, 2.45) is 5.92 Å². The molecule has 1 aliphatic rings. The molecule has 0 spiro atoms. The van der Waals surface area contributed by atoms with Gasteiger partial charge in [0.25, 0.3) is 0 Å². The number of carbonyl (C=O) groups excluding carboxylic acids is 2. The summed E-state index contributed by atoms with van der Waals surface area (Å²) in [5.74, 6) is -1.32. The maximum atomic E-state index is 13.7. The van der Waals surface area contributed by atoms with Crippen molar-refractivity contribution in [1.82, 2.24) is 9.55 Å². The van der Waals surface area contributed by atoms with E-state index in [1.165, 1.54) is 13.2 Å². The van der Waals surface area contributed by atoms with Gasteiger partial charge in [0.2, 0.25) is 11.9 Å². The Kier molecular flexibility index (Phi) is 6.03. The summed E-state index contributed by atoms with van der Waals surface area (Å²) in [5, 5.41) is 10.4. The number of amides is 1. The molecule has 0 aliphatic carbocycles. The van der Waals surface area contributed by atoms with Crippen molar-refractivity contribution in [2.45, 2.75) is 32.7 Å². The van der Waals surface area contributed by atoms with E-state index in [2.05, 4.69) is 0 Å². The fourth-order valence-corrected chi connectivity index (χ4v) is 4.27.